The monoisotopic (exact) mass is 255 g/mol. The molecule has 18 heavy (non-hydrogen) atoms. The highest BCUT2D eigenvalue weighted by molar-refractivity contribution is 5.69. The van der Waals surface area contributed by atoms with Crippen LogP contribution in [0.4, 0.5) is 4.79 Å². The molecule has 1 saturated carbocycles. The van der Waals surface area contributed by atoms with Crippen molar-refractivity contribution >= 4 is 6.09 Å². The van der Waals surface area contributed by atoms with Crippen LogP contribution in [0.15, 0.2) is 0 Å². The van der Waals surface area contributed by atoms with Crippen LogP contribution in [-0.2, 0) is 4.74 Å². The van der Waals surface area contributed by atoms with Gasteiger partial charge in [0.05, 0.1) is 6.61 Å². The summed E-state index contributed by atoms with van der Waals surface area (Å²) in [5, 5.41) is 9.71. The van der Waals surface area contributed by atoms with Crippen molar-refractivity contribution in [2.24, 2.45) is 5.41 Å². The van der Waals surface area contributed by atoms with Crippen molar-refractivity contribution in [1.29, 1.82) is 0 Å². The van der Waals surface area contributed by atoms with Crippen LogP contribution in [0.1, 0.15) is 52.9 Å². The molecule has 2 fully saturated rings. The number of fused-ring (bicyclic) bond motifs is 1. The summed E-state index contributed by atoms with van der Waals surface area (Å²) in [6, 6.07) is 0.172. The summed E-state index contributed by atoms with van der Waals surface area (Å²) in [6.07, 6.45) is 5.04. The Labute approximate surface area is 109 Å². The van der Waals surface area contributed by atoms with E-state index in [0.717, 1.165) is 32.2 Å². The third-order valence-corrected chi connectivity index (χ3v) is 4.28. The number of aliphatic hydroxyl groups is 1. The maximum atomic E-state index is 12.2. The van der Waals surface area contributed by atoms with Crippen molar-refractivity contribution < 1.29 is 14.6 Å². The van der Waals surface area contributed by atoms with Gasteiger partial charge in [-0.05, 0) is 40.0 Å². The number of aliphatic hydroxyl groups excluding tert-OH is 1. The first-order valence-corrected chi connectivity index (χ1v) is 6.98. The fourth-order valence-corrected chi connectivity index (χ4v) is 3.37. The van der Waals surface area contributed by atoms with E-state index in [1.165, 1.54) is 6.42 Å². The Hall–Kier alpha value is -0.770. The predicted molar refractivity (Wildman–Crippen MR) is 69.3 cm³/mol. The topological polar surface area (TPSA) is 49.8 Å². The van der Waals surface area contributed by atoms with Crippen molar-refractivity contribution in [2.75, 3.05) is 13.2 Å². The van der Waals surface area contributed by atoms with Gasteiger partial charge >= 0.3 is 6.09 Å². The van der Waals surface area contributed by atoms with Gasteiger partial charge in [-0.25, -0.2) is 4.79 Å². The van der Waals surface area contributed by atoms with E-state index >= 15 is 0 Å². The third-order valence-electron chi connectivity index (χ3n) is 4.28. The predicted octanol–water partition coefficient (Wildman–Crippen LogP) is 2.55. The molecule has 2 rings (SSSR count). The van der Waals surface area contributed by atoms with Gasteiger partial charge in [-0.15, -0.1) is 0 Å². The average Bonchev–Trinajstić information content (AvgIpc) is 2.66. The maximum absolute atomic E-state index is 12.2. The highest BCUT2D eigenvalue weighted by Crippen LogP contribution is 2.46. The van der Waals surface area contributed by atoms with E-state index in [9.17, 15) is 9.90 Å². The molecule has 4 heteroatoms. The molecule has 1 aliphatic carbocycles. The van der Waals surface area contributed by atoms with E-state index in [1.54, 1.807) is 0 Å². The number of amides is 1. The lowest BCUT2D eigenvalue weighted by atomic mass is 9.71. The quantitative estimate of drug-likeness (QED) is 0.783. The van der Waals surface area contributed by atoms with Crippen LogP contribution < -0.4 is 0 Å². The number of carbonyl (C=O) groups excluding carboxylic acids is 1. The van der Waals surface area contributed by atoms with Gasteiger partial charge in [0, 0.05) is 18.0 Å². The van der Waals surface area contributed by atoms with Gasteiger partial charge in [0.15, 0.2) is 0 Å². The Morgan fingerprint density at radius 2 is 2.11 bits per heavy atom. The van der Waals surface area contributed by atoms with Crippen molar-refractivity contribution in [2.45, 2.75) is 64.5 Å². The zero-order chi connectivity index (χ0) is 13.4. The number of hydrogen-bond donors (Lipinski definition) is 1. The van der Waals surface area contributed by atoms with E-state index in [0.29, 0.717) is 0 Å². The molecule has 2 atom stereocenters. The van der Waals surface area contributed by atoms with Gasteiger partial charge < -0.3 is 14.7 Å². The van der Waals surface area contributed by atoms with Crippen LogP contribution in [-0.4, -0.2) is 40.9 Å². The van der Waals surface area contributed by atoms with Crippen molar-refractivity contribution in [1.82, 2.24) is 4.90 Å². The standard InChI is InChI=1S/C14H25NO3/c1-13(2,3)18-12(17)15-9-8-14(10-16)7-5-4-6-11(14)15/h11,16H,4-10H2,1-3H3. The number of nitrogens with zero attached hydrogens (tertiary/aromatic N) is 1. The second-order valence-electron chi connectivity index (χ2n) is 6.71. The van der Waals surface area contributed by atoms with Crippen molar-refractivity contribution in [3.8, 4) is 0 Å². The smallest absolute Gasteiger partial charge is 0.410 e. The van der Waals surface area contributed by atoms with E-state index in [2.05, 4.69) is 0 Å². The molecular weight excluding hydrogens is 230 g/mol. The summed E-state index contributed by atoms with van der Waals surface area (Å²) in [5.41, 5.74) is -0.509. The Balaban J connectivity index is 2.09. The van der Waals surface area contributed by atoms with Gasteiger partial charge in [-0.2, -0.15) is 0 Å². The molecule has 104 valence electrons. The number of hydrogen-bond acceptors (Lipinski definition) is 3. The molecule has 0 bridgehead atoms. The second kappa shape index (κ2) is 4.72. The van der Waals surface area contributed by atoms with Crippen LogP contribution in [0.3, 0.4) is 0 Å². The Morgan fingerprint density at radius 1 is 1.39 bits per heavy atom. The number of rotatable bonds is 1. The summed E-state index contributed by atoms with van der Waals surface area (Å²) < 4.78 is 5.47. The molecule has 0 aromatic rings. The molecule has 1 N–H and O–H groups in total. The lowest BCUT2D eigenvalue weighted by Crippen LogP contribution is -2.47. The highest BCUT2D eigenvalue weighted by Gasteiger charge is 2.50. The molecule has 1 saturated heterocycles. The Kier molecular flexibility index (Phi) is 3.58. The number of ether oxygens (including phenoxy) is 1. The van der Waals surface area contributed by atoms with Gasteiger partial charge in [0.2, 0.25) is 0 Å². The first-order valence-electron chi connectivity index (χ1n) is 6.98. The fraction of sp³-hybridized carbons (Fsp3) is 0.929. The molecule has 4 nitrogen and oxygen atoms in total. The molecule has 1 amide bonds. The maximum Gasteiger partial charge on any atom is 0.410 e. The van der Waals surface area contributed by atoms with Gasteiger partial charge in [-0.1, -0.05) is 12.8 Å². The van der Waals surface area contributed by atoms with Crippen LogP contribution >= 0.6 is 0 Å². The molecule has 1 aliphatic heterocycles. The van der Waals surface area contributed by atoms with E-state index < -0.39 is 5.60 Å². The van der Waals surface area contributed by atoms with Gasteiger partial charge in [-0.3, -0.25) is 0 Å². The summed E-state index contributed by atoms with van der Waals surface area (Å²) >= 11 is 0. The minimum Gasteiger partial charge on any atom is -0.444 e. The summed E-state index contributed by atoms with van der Waals surface area (Å²) in [6.45, 7) is 6.58. The normalized spacial score (nSPS) is 32.2. The minimum atomic E-state index is -0.448. The zero-order valence-corrected chi connectivity index (χ0v) is 11.7. The Morgan fingerprint density at radius 3 is 2.72 bits per heavy atom. The second-order valence-corrected chi connectivity index (χ2v) is 6.71. The van der Waals surface area contributed by atoms with Crippen LogP contribution in [0.5, 0.6) is 0 Å². The Bertz CT molecular complexity index is 323. The highest BCUT2D eigenvalue weighted by atomic mass is 16.6. The molecule has 1 heterocycles. The first-order chi connectivity index (χ1) is 8.38. The van der Waals surface area contributed by atoms with Gasteiger partial charge in [0.25, 0.3) is 0 Å². The summed E-state index contributed by atoms with van der Waals surface area (Å²) in [7, 11) is 0. The first kappa shape index (κ1) is 13.7. The van der Waals surface area contributed by atoms with E-state index in [-0.39, 0.29) is 24.2 Å². The van der Waals surface area contributed by atoms with E-state index in [4.69, 9.17) is 4.74 Å². The van der Waals surface area contributed by atoms with Crippen molar-refractivity contribution in [3.63, 3.8) is 0 Å². The lowest BCUT2D eigenvalue weighted by Gasteiger charge is -2.40. The van der Waals surface area contributed by atoms with Crippen LogP contribution in [0.2, 0.25) is 0 Å². The molecule has 0 aromatic heterocycles. The lowest BCUT2D eigenvalue weighted by molar-refractivity contribution is 0.000294. The largest absolute Gasteiger partial charge is 0.444 e. The molecule has 0 spiro atoms. The molecule has 2 aliphatic rings. The summed E-state index contributed by atoms with van der Waals surface area (Å²) in [4.78, 5) is 14.0. The molecule has 0 radical (unpaired) electrons. The molecular formula is C14H25NO3. The molecule has 2 unspecified atom stereocenters. The van der Waals surface area contributed by atoms with Crippen LogP contribution in [0, 0.1) is 5.41 Å². The number of carbonyl (C=O) groups is 1. The zero-order valence-electron chi connectivity index (χ0n) is 11.7. The van der Waals surface area contributed by atoms with Crippen LogP contribution in [0.25, 0.3) is 0 Å². The fourth-order valence-electron chi connectivity index (χ4n) is 3.37. The van der Waals surface area contributed by atoms with Gasteiger partial charge in [0.1, 0.15) is 5.60 Å². The average molecular weight is 255 g/mol. The SMILES string of the molecule is CC(C)(C)OC(=O)N1CCC2(CO)CCCCC12. The summed E-state index contributed by atoms with van der Waals surface area (Å²) in [5.74, 6) is 0. The minimum absolute atomic E-state index is 0.0604. The number of likely N-dealkylation sites (tertiary alicyclic amines) is 1. The third kappa shape index (κ3) is 2.48. The van der Waals surface area contributed by atoms with E-state index in [1.807, 2.05) is 25.7 Å². The van der Waals surface area contributed by atoms with Crippen molar-refractivity contribution in [3.05, 3.63) is 0 Å². The molecule has 0 aromatic carbocycles.